The Balaban J connectivity index is 1.96. The second-order valence-corrected chi connectivity index (χ2v) is 6.84. The van der Waals surface area contributed by atoms with Crippen LogP contribution in [0.15, 0.2) is 85.1 Å². The molecular formula is C24H20N2. The molecule has 0 aliphatic carbocycles. The van der Waals surface area contributed by atoms with Crippen LogP contribution >= 0.6 is 0 Å². The smallest absolute Gasteiger partial charge is 0.0569 e. The molecule has 0 spiro atoms. The van der Waals surface area contributed by atoms with E-state index < -0.39 is 0 Å². The highest BCUT2D eigenvalue weighted by molar-refractivity contribution is 6.10. The van der Waals surface area contributed by atoms with E-state index in [1.165, 1.54) is 44.2 Å². The van der Waals surface area contributed by atoms with Crippen molar-refractivity contribution in [3.05, 3.63) is 85.1 Å². The van der Waals surface area contributed by atoms with Gasteiger partial charge in [-0.2, -0.15) is 0 Å². The predicted molar refractivity (Wildman–Crippen MR) is 110 cm³/mol. The molecule has 0 radical (unpaired) electrons. The molecule has 3 aromatic carbocycles. The van der Waals surface area contributed by atoms with Crippen LogP contribution in [0, 0.1) is 0 Å². The third-order valence-corrected chi connectivity index (χ3v) is 5.32. The Kier molecular flexibility index (Phi) is 3.26. The van der Waals surface area contributed by atoms with E-state index in [0.717, 1.165) is 0 Å². The Bertz CT molecular complexity index is 1240. The number of aryl methyl sites for hydroxylation is 2. The van der Waals surface area contributed by atoms with Gasteiger partial charge in [-0.3, -0.25) is 0 Å². The summed E-state index contributed by atoms with van der Waals surface area (Å²) in [5.74, 6) is 0. The van der Waals surface area contributed by atoms with Crippen LogP contribution in [0.25, 0.3) is 44.2 Å². The summed E-state index contributed by atoms with van der Waals surface area (Å²) in [6, 6.07) is 28.0. The molecule has 0 atom stereocenters. The molecule has 0 saturated heterocycles. The van der Waals surface area contributed by atoms with Crippen molar-refractivity contribution in [1.29, 1.82) is 0 Å². The van der Waals surface area contributed by atoms with E-state index >= 15 is 0 Å². The van der Waals surface area contributed by atoms with Gasteiger partial charge >= 0.3 is 0 Å². The fourth-order valence-corrected chi connectivity index (χ4v) is 4.14. The van der Waals surface area contributed by atoms with Crippen LogP contribution in [0.1, 0.15) is 0 Å². The first kappa shape index (κ1) is 15.0. The summed E-state index contributed by atoms with van der Waals surface area (Å²) in [5, 5.41) is 2.59. The molecule has 0 saturated carbocycles. The maximum Gasteiger partial charge on any atom is 0.0569 e. The zero-order valence-electron chi connectivity index (χ0n) is 15.0. The van der Waals surface area contributed by atoms with Crippen LogP contribution in [0.2, 0.25) is 0 Å². The lowest BCUT2D eigenvalue weighted by atomic mass is 9.98. The van der Waals surface area contributed by atoms with Gasteiger partial charge in [0.25, 0.3) is 0 Å². The van der Waals surface area contributed by atoms with Crippen LogP contribution < -0.4 is 0 Å². The fourth-order valence-electron chi connectivity index (χ4n) is 4.14. The van der Waals surface area contributed by atoms with Gasteiger partial charge in [-0.25, -0.2) is 0 Å². The van der Waals surface area contributed by atoms with Crippen molar-refractivity contribution >= 4 is 21.8 Å². The Labute approximate surface area is 152 Å². The number of nitrogens with zero attached hydrogens (tertiary/aromatic N) is 2. The average Bonchev–Trinajstić information content (AvgIpc) is 3.18. The van der Waals surface area contributed by atoms with Crippen molar-refractivity contribution in [2.45, 2.75) is 0 Å². The van der Waals surface area contributed by atoms with Crippen molar-refractivity contribution in [3.8, 4) is 22.4 Å². The number of benzene rings is 3. The summed E-state index contributed by atoms with van der Waals surface area (Å²) in [7, 11) is 4.29. The summed E-state index contributed by atoms with van der Waals surface area (Å²) >= 11 is 0. The highest BCUT2D eigenvalue weighted by atomic mass is 15.0. The normalized spacial score (nSPS) is 11.5. The van der Waals surface area contributed by atoms with Gasteiger partial charge in [0.15, 0.2) is 0 Å². The van der Waals surface area contributed by atoms with Gasteiger partial charge in [-0.15, -0.1) is 0 Å². The maximum atomic E-state index is 2.32. The lowest BCUT2D eigenvalue weighted by Gasteiger charge is -2.08. The summed E-state index contributed by atoms with van der Waals surface area (Å²) in [5.41, 5.74) is 7.63. The lowest BCUT2D eigenvalue weighted by Crippen LogP contribution is -1.92. The topological polar surface area (TPSA) is 9.86 Å². The molecule has 0 bridgehead atoms. The van der Waals surface area contributed by atoms with Crippen molar-refractivity contribution in [3.63, 3.8) is 0 Å². The standard InChI is InChI=1S/C24H20N2/c1-25-16-20(18-12-6-8-14-21(18)25)23-19-13-7-9-15-22(19)26(2)24(23)17-10-4-3-5-11-17/h3-16H,1-2H3. The van der Waals surface area contributed by atoms with E-state index in [1.54, 1.807) is 0 Å². The fraction of sp³-hybridized carbons (Fsp3) is 0.0833. The summed E-state index contributed by atoms with van der Waals surface area (Å²) < 4.78 is 4.54. The third kappa shape index (κ3) is 2.05. The molecule has 126 valence electrons. The van der Waals surface area contributed by atoms with Gasteiger partial charge in [0, 0.05) is 53.2 Å². The molecule has 2 nitrogen and oxygen atoms in total. The highest BCUT2D eigenvalue weighted by Gasteiger charge is 2.20. The molecule has 0 fully saturated rings. The van der Waals surface area contributed by atoms with E-state index in [4.69, 9.17) is 0 Å². The Morgan fingerprint density at radius 2 is 1.23 bits per heavy atom. The van der Waals surface area contributed by atoms with Gasteiger partial charge in [0.2, 0.25) is 0 Å². The lowest BCUT2D eigenvalue weighted by molar-refractivity contribution is 0.968. The molecule has 5 rings (SSSR count). The van der Waals surface area contributed by atoms with Crippen molar-refractivity contribution in [2.75, 3.05) is 0 Å². The first-order chi connectivity index (χ1) is 12.8. The van der Waals surface area contributed by atoms with Crippen LogP contribution in [0.5, 0.6) is 0 Å². The molecule has 0 unspecified atom stereocenters. The zero-order valence-corrected chi connectivity index (χ0v) is 15.0. The molecule has 0 N–H and O–H groups in total. The van der Waals surface area contributed by atoms with Gasteiger partial charge in [-0.1, -0.05) is 66.7 Å². The van der Waals surface area contributed by atoms with Crippen LogP contribution in [-0.4, -0.2) is 9.13 Å². The summed E-state index contributed by atoms with van der Waals surface area (Å²) in [4.78, 5) is 0. The molecular weight excluding hydrogens is 316 g/mol. The Morgan fingerprint density at radius 1 is 0.615 bits per heavy atom. The molecule has 26 heavy (non-hydrogen) atoms. The van der Waals surface area contributed by atoms with Crippen LogP contribution in [0.3, 0.4) is 0 Å². The highest BCUT2D eigenvalue weighted by Crippen LogP contribution is 2.43. The largest absolute Gasteiger partial charge is 0.350 e. The first-order valence-electron chi connectivity index (χ1n) is 8.93. The van der Waals surface area contributed by atoms with Gasteiger partial charge in [0.05, 0.1) is 5.69 Å². The van der Waals surface area contributed by atoms with E-state index in [2.05, 4.69) is 108 Å². The Hall–Kier alpha value is -3.26. The number of aromatic nitrogens is 2. The minimum absolute atomic E-state index is 1.24. The van der Waals surface area contributed by atoms with Crippen molar-refractivity contribution < 1.29 is 0 Å². The monoisotopic (exact) mass is 336 g/mol. The second kappa shape index (κ2) is 5.63. The number of para-hydroxylation sites is 2. The number of hydrogen-bond acceptors (Lipinski definition) is 0. The number of hydrogen-bond donors (Lipinski definition) is 0. The molecule has 2 aromatic heterocycles. The first-order valence-corrected chi connectivity index (χ1v) is 8.93. The predicted octanol–water partition coefficient (Wildman–Crippen LogP) is 6.00. The minimum atomic E-state index is 1.24. The number of fused-ring (bicyclic) bond motifs is 2. The average molecular weight is 336 g/mol. The molecule has 0 aliphatic heterocycles. The van der Waals surface area contributed by atoms with Gasteiger partial charge < -0.3 is 9.13 Å². The molecule has 2 heteroatoms. The number of rotatable bonds is 2. The third-order valence-electron chi connectivity index (χ3n) is 5.32. The quantitative estimate of drug-likeness (QED) is 0.374. The van der Waals surface area contributed by atoms with E-state index in [-0.39, 0.29) is 0 Å². The maximum absolute atomic E-state index is 2.32. The van der Waals surface area contributed by atoms with Gasteiger partial charge in [-0.05, 0) is 17.7 Å². The molecule has 0 aliphatic rings. The SMILES string of the molecule is Cn1cc(-c2c(-c3ccccc3)n(C)c3ccccc23)c2ccccc21. The zero-order chi connectivity index (χ0) is 17.7. The molecule has 0 amide bonds. The molecule has 2 heterocycles. The summed E-state index contributed by atoms with van der Waals surface area (Å²) in [6.07, 6.45) is 2.26. The second-order valence-electron chi connectivity index (χ2n) is 6.84. The van der Waals surface area contributed by atoms with Crippen LogP contribution in [0.4, 0.5) is 0 Å². The van der Waals surface area contributed by atoms with Crippen LogP contribution in [-0.2, 0) is 14.1 Å². The van der Waals surface area contributed by atoms with Gasteiger partial charge in [0.1, 0.15) is 0 Å². The minimum Gasteiger partial charge on any atom is -0.350 e. The van der Waals surface area contributed by atoms with E-state index in [9.17, 15) is 0 Å². The van der Waals surface area contributed by atoms with E-state index in [1.807, 2.05) is 0 Å². The van der Waals surface area contributed by atoms with E-state index in [0.29, 0.717) is 0 Å². The summed E-state index contributed by atoms with van der Waals surface area (Å²) in [6.45, 7) is 0. The van der Waals surface area contributed by atoms with Crippen molar-refractivity contribution in [2.24, 2.45) is 14.1 Å². The molecule has 5 aromatic rings. The van der Waals surface area contributed by atoms with Crippen molar-refractivity contribution in [1.82, 2.24) is 9.13 Å². The Morgan fingerprint density at radius 3 is 2.00 bits per heavy atom.